The Morgan fingerprint density at radius 2 is 2.11 bits per heavy atom. The molecule has 0 spiro atoms. The predicted octanol–water partition coefficient (Wildman–Crippen LogP) is 2.79. The Morgan fingerprint density at radius 3 is 2.72 bits per heavy atom. The average molecular weight is 264 g/mol. The van der Waals surface area contributed by atoms with Gasteiger partial charge >= 0.3 is 0 Å². The lowest BCUT2D eigenvalue weighted by atomic mass is 10.1. The Labute approximate surface area is 111 Å². The molecule has 4 nitrogen and oxygen atoms in total. The van der Waals surface area contributed by atoms with Gasteiger partial charge in [-0.05, 0) is 6.07 Å². The fourth-order valence-corrected chi connectivity index (χ4v) is 2.37. The van der Waals surface area contributed by atoms with Gasteiger partial charge in [0.05, 0.1) is 19.9 Å². The second-order valence-corrected chi connectivity index (χ2v) is 4.61. The minimum atomic E-state index is 0.755. The van der Waals surface area contributed by atoms with Gasteiger partial charge in [0.1, 0.15) is 11.5 Å². The first-order valence-electron chi connectivity index (χ1n) is 5.60. The van der Waals surface area contributed by atoms with Crippen LogP contribution in [0.5, 0.6) is 11.5 Å². The molecule has 1 aromatic carbocycles. The standard InChI is InChI=1S/C13H16N2O2S/c1-14-13-15-10(8-18-13)6-9-4-5-11(16-2)7-12(9)17-3/h4-5,7-8H,6H2,1-3H3,(H,14,15). The van der Waals surface area contributed by atoms with Gasteiger partial charge in [-0.1, -0.05) is 6.07 Å². The van der Waals surface area contributed by atoms with E-state index in [-0.39, 0.29) is 0 Å². The van der Waals surface area contributed by atoms with Crippen LogP contribution in [0.3, 0.4) is 0 Å². The van der Waals surface area contributed by atoms with E-state index in [0.717, 1.165) is 34.3 Å². The largest absolute Gasteiger partial charge is 0.497 e. The minimum Gasteiger partial charge on any atom is -0.497 e. The van der Waals surface area contributed by atoms with Gasteiger partial charge in [0, 0.05) is 30.5 Å². The molecule has 1 heterocycles. The summed E-state index contributed by atoms with van der Waals surface area (Å²) in [5.74, 6) is 1.62. The van der Waals surface area contributed by atoms with Crippen molar-refractivity contribution in [3.05, 3.63) is 34.8 Å². The Balaban J connectivity index is 2.22. The molecule has 5 heteroatoms. The summed E-state index contributed by atoms with van der Waals surface area (Å²) in [7, 11) is 5.18. The Morgan fingerprint density at radius 1 is 1.28 bits per heavy atom. The van der Waals surface area contributed by atoms with E-state index >= 15 is 0 Å². The maximum Gasteiger partial charge on any atom is 0.182 e. The normalized spacial score (nSPS) is 10.2. The van der Waals surface area contributed by atoms with Crippen LogP contribution in [0.4, 0.5) is 5.13 Å². The molecule has 0 bridgehead atoms. The van der Waals surface area contributed by atoms with Crippen molar-refractivity contribution in [3.63, 3.8) is 0 Å². The molecule has 2 aromatic rings. The summed E-state index contributed by atoms with van der Waals surface area (Å²) < 4.78 is 10.6. The highest BCUT2D eigenvalue weighted by molar-refractivity contribution is 7.13. The van der Waals surface area contributed by atoms with Crippen LogP contribution in [0, 0.1) is 0 Å². The lowest BCUT2D eigenvalue weighted by Crippen LogP contribution is -1.96. The summed E-state index contributed by atoms with van der Waals surface area (Å²) in [6.45, 7) is 0. The number of hydrogen-bond acceptors (Lipinski definition) is 5. The van der Waals surface area contributed by atoms with Crippen molar-refractivity contribution >= 4 is 16.5 Å². The molecular weight excluding hydrogens is 248 g/mol. The van der Waals surface area contributed by atoms with Gasteiger partial charge in [-0.15, -0.1) is 11.3 Å². The van der Waals surface area contributed by atoms with E-state index in [0.29, 0.717) is 0 Å². The van der Waals surface area contributed by atoms with Gasteiger partial charge in [0.2, 0.25) is 0 Å². The third-order valence-corrected chi connectivity index (χ3v) is 3.54. The van der Waals surface area contributed by atoms with Crippen LogP contribution in [0.25, 0.3) is 0 Å². The van der Waals surface area contributed by atoms with Crippen molar-refractivity contribution in [1.29, 1.82) is 0 Å². The topological polar surface area (TPSA) is 43.4 Å². The van der Waals surface area contributed by atoms with Crippen molar-refractivity contribution < 1.29 is 9.47 Å². The van der Waals surface area contributed by atoms with Gasteiger partial charge in [0.25, 0.3) is 0 Å². The molecule has 0 atom stereocenters. The van der Waals surface area contributed by atoms with Crippen LogP contribution < -0.4 is 14.8 Å². The number of hydrogen-bond donors (Lipinski definition) is 1. The van der Waals surface area contributed by atoms with Crippen molar-refractivity contribution in [2.24, 2.45) is 0 Å². The molecule has 1 aromatic heterocycles. The van der Waals surface area contributed by atoms with Crippen molar-refractivity contribution in [2.75, 3.05) is 26.6 Å². The number of ether oxygens (including phenoxy) is 2. The molecule has 96 valence electrons. The van der Waals surface area contributed by atoms with Crippen molar-refractivity contribution in [2.45, 2.75) is 6.42 Å². The summed E-state index contributed by atoms with van der Waals surface area (Å²) in [6.07, 6.45) is 0.755. The zero-order valence-electron chi connectivity index (χ0n) is 10.7. The molecule has 0 radical (unpaired) electrons. The van der Waals surface area contributed by atoms with Crippen LogP contribution in [0.2, 0.25) is 0 Å². The fourth-order valence-electron chi connectivity index (χ4n) is 1.70. The monoisotopic (exact) mass is 264 g/mol. The zero-order chi connectivity index (χ0) is 13.0. The molecule has 18 heavy (non-hydrogen) atoms. The number of aromatic nitrogens is 1. The van der Waals surface area contributed by atoms with E-state index in [9.17, 15) is 0 Å². The Kier molecular flexibility index (Phi) is 4.04. The highest BCUT2D eigenvalue weighted by Crippen LogP contribution is 2.27. The van der Waals surface area contributed by atoms with Gasteiger partial charge in [-0.3, -0.25) is 0 Å². The second-order valence-electron chi connectivity index (χ2n) is 3.75. The number of methoxy groups -OCH3 is 2. The number of benzene rings is 1. The third-order valence-electron chi connectivity index (χ3n) is 2.63. The Bertz CT molecular complexity index is 525. The summed E-state index contributed by atoms with van der Waals surface area (Å²) in [5, 5.41) is 6.02. The smallest absolute Gasteiger partial charge is 0.182 e. The molecule has 0 saturated heterocycles. The van der Waals surface area contributed by atoms with E-state index in [1.165, 1.54) is 0 Å². The third kappa shape index (κ3) is 2.73. The zero-order valence-corrected chi connectivity index (χ0v) is 11.5. The summed E-state index contributed by atoms with van der Waals surface area (Å²) in [5.41, 5.74) is 2.14. The maximum absolute atomic E-state index is 5.37. The predicted molar refractivity (Wildman–Crippen MR) is 74.0 cm³/mol. The first-order chi connectivity index (χ1) is 8.76. The number of nitrogens with one attached hydrogen (secondary N) is 1. The van der Waals surface area contributed by atoms with Crippen LogP contribution in [-0.4, -0.2) is 26.3 Å². The van der Waals surface area contributed by atoms with E-state index in [1.807, 2.05) is 25.2 Å². The molecule has 0 saturated carbocycles. The number of rotatable bonds is 5. The molecule has 0 unspecified atom stereocenters. The molecule has 1 N–H and O–H groups in total. The van der Waals surface area contributed by atoms with Crippen LogP contribution in [-0.2, 0) is 6.42 Å². The lowest BCUT2D eigenvalue weighted by Gasteiger charge is -2.09. The summed E-state index contributed by atoms with van der Waals surface area (Å²) >= 11 is 1.60. The molecule has 0 aliphatic carbocycles. The van der Waals surface area contributed by atoms with Crippen LogP contribution in [0.15, 0.2) is 23.6 Å². The van der Waals surface area contributed by atoms with Crippen molar-refractivity contribution in [1.82, 2.24) is 4.98 Å². The number of anilines is 1. The van der Waals surface area contributed by atoms with Crippen molar-refractivity contribution in [3.8, 4) is 11.5 Å². The first-order valence-corrected chi connectivity index (χ1v) is 6.48. The number of nitrogens with zero attached hydrogens (tertiary/aromatic N) is 1. The molecular formula is C13H16N2O2S. The van der Waals surface area contributed by atoms with Crippen LogP contribution >= 0.6 is 11.3 Å². The highest BCUT2D eigenvalue weighted by atomic mass is 32.1. The Hall–Kier alpha value is -1.75. The minimum absolute atomic E-state index is 0.755. The average Bonchev–Trinajstić information content (AvgIpc) is 2.87. The summed E-state index contributed by atoms with van der Waals surface area (Å²) in [6, 6.07) is 5.83. The van der Waals surface area contributed by atoms with E-state index in [4.69, 9.17) is 9.47 Å². The lowest BCUT2D eigenvalue weighted by molar-refractivity contribution is 0.391. The van der Waals surface area contributed by atoms with Gasteiger partial charge in [-0.25, -0.2) is 4.98 Å². The fraction of sp³-hybridized carbons (Fsp3) is 0.308. The quantitative estimate of drug-likeness (QED) is 0.902. The van der Waals surface area contributed by atoms with E-state index in [1.54, 1.807) is 25.6 Å². The molecule has 0 fully saturated rings. The van der Waals surface area contributed by atoms with E-state index < -0.39 is 0 Å². The molecule has 2 rings (SSSR count). The maximum atomic E-state index is 5.37. The SMILES string of the molecule is CNc1nc(Cc2ccc(OC)cc2OC)cs1. The second kappa shape index (κ2) is 5.73. The van der Waals surface area contributed by atoms with Gasteiger partial charge in [0.15, 0.2) is 5.13 Å². The molecule has 0 aliphatic heterocycles. The summed E-state index contributed by atoms with van der Waals surface area (Å²) in [4.78, 5) is 4.46. The first kappa shape index (κ1) is 12.7. The molecule has 0 aliphatic rings. The number of thiazole rings is 1. The highest BCUT2D eigenvalue weighted by Gasteiger charge is 2.08. The van der Waals surface area contributed by atoms with Crippen LogP contribution in [0.1, 0.15) is 11.3 Å². The van der Waals surface area contributed by atoms with Gasteiger partial charge in [-0.2, -0.15) is 0 Å². The van der Waals surface area contributed by atoms with Gasteiger partial charge < -0.3 is 14.8 Å². The molecule has 0 amide bonds. The van der Waals surface area contributed by atoms with E-state index in [2.05, 4.69) is 15.7 Å².